The van der Waals surface area contributed by atoms with Gasteiger partial charge in [-0.1, -0.05) is 24.3 Å². The summed E-state index contributed by atoms with van der Waals surface area (Å²) in [5.41, 5.74) is 8.08. The Morgan fingerprint density at radius 3 is 2.50 bits per heavy atom. The molecular weight excluding hydrogens is 265 g/mol. The van der Waals surface area contributed by atoms with Crippen molar-refractivity contribution in [2.45, 2.75) is 19.6 Å². The van der Waals surface area contributed by atoms with Gasteiger partial charge in [-0.3, -0.25) is 0 Å². The van der Waals surface area contributed by atoms with Crippen LogP contribution in [0.1, 0.15) is 16.7 Å². The molecule has 3 N–H and O–H groups in total. The number of anilines is 2. The highest BCUT2D eigenvalue weighted by molar-refractivity contribution is 5.69. The Balaban J connectivity index is 2.13. The number of aryl methyl sites for hydroxylation is 1. The molecule has 2 nitrogen and oxygen atoms in total. The molecule has 0 atom stereocenters. The van der Waals surface area contributed by atoms with Crippen molar-refractivity contribution >= 4 is 11.4 Å². The van der Waals surface area contributed by atoms with E-state index in [4.69, 9.17) is 5.73 Å². The van der Waals surface area contributed by atoms with Crippen molar-refractivity contribution in [3.05, 3.63) is 59.2 Å². The Labute approximate surface area is 115 Å². The van der Waals surface area contributed by atoms with Crippen LogP contribution in [0.3, 0.4) is 0 Å². The Kier molecular flexibility index (Phi) is 3.88. The molecule has 2 aromatic rings. The maximum Gasteiger partial charge on any atom is 0.416 e. The summed E-state index contributed by atoms with van der Waals surface area (Å²) in [6.45, 7) is 2.17. The van der Waals surface area contributed by atoms with Crippen LogP contribution in [0.15, 0.2) is 42.5 Å². The first-order chi connectivity index (χ1) is 9.38. The van der Waals surface area contributed by atoms with Crippen molar-refractivity contribution in [3.63, 3.8) is 0 Å². The molecule has 5 heteroatoms. The predicted molar refractivity (Wildman–Crippen MR) is 74.4 cm³/mol. The summed E-state index contributed by atoms with van der Waals surface area (Å²) in [5.74, 6) is 0. The number of rotatable bonds is 3. The lowest BCUT2D eigenvalue weighted by atomic mass is 10.1. The van der Waals surface area contributed by atoms with Crippen LogP contribution in [0.4, 0.5) is 24.5 Å². The van der Waals surface area contributed by atoms with Gasteiger partial charge in [-0.25, -0.2) is 0 Å². The zero-order valence-electron chi connectivity index (χ0n) is 11.0. The number of para-hydroxylation sites is 1. The van der Waals surface area contributed by atoms with Crippen molar-refractivity contribution in [3.8, 4) is 0 Å². The summed E-state index contributed by atoms with van der Waals surface area (Å²) >= 11 is 0. The fourth-order valence-corrected chi connectivity index (χ4v) is 1.89. The first-order valence-electron chi connectivity index (χ1n) is 6.13. The van der Waals surface area contributed by atoms with Gasteiger partial charge in [-0.2, -0.15) is 13.2 Å². The van der Waals surface area contributed by atoms with E-state index in [9.17, 15) is 13.2 Å². The fourth-order valence-electron chi connectivity index (χ4n) is 1.89. The van der Waals surface area contributed by atoms with E-state index in [1.165, 1.54) is 6.07 Å². The van der Waals surface area contributed by atoms with E-state index in [0.29, 0.717) is 11.3 Å². The molecule has 0 radical (unpaired) electrons. The van der Waals surface area contributed by atoms with E-state index in [2.05, 4.69) is 5.32 Å². The van der Waals surface area contributed by atoms with Gasteiger partial charge in [-0.05, 0) is 36.2 Å². The Hall–Kier alpha value is -2.17. The molecule has 0 saturated heterocycles. The molecule has 2 aromatic carbocycles. The summed E-state index contributed by atoms with van der Waals surface area (Å²) in [6, 6.07) is 10.8. The molecule has 0 saturated carbocycles. The van der Waals surface area contributed by atoms with Gasteiger partial charge in [-0.15, -0.1) is 0 Å². The molecule has 0 aliphatic heterocycles. The van der Waals surface area contributed by atoms with Crippen LogP contribution in [0.5, 0.6) is 0 Å². The van der Waals surface area contributed by atoms with Gasteiger partial charge >= 0.3 is 6.18 Å². The van der Waals surface area contributed by atoms with Crippen LogP contribution >= 0.6 is 0 Å². The Morgan fingerprint density at radius 1 is 1.10 bits per heavy atom. The number of nitrogens with two attached hydrogens (primary N) is 1. The van der Waals surface area contributed by atoms with Crippen LogP contribution in [0, 0.1) is 6.92 Å². The third-order valence-corrected chi connectivity index (χ3v) is 3.06. The van der Waals surface area contributed by atoms with Crippen molar-refractivity contribution in [1.82, 2.24) is 0 Å². The summed E-state index contributed by atoms with van der Waals surface area (Å²) in [4.78, 5) is 0. The quantitative estimate of drug-likeness (QED) is 0.827. The Bertz CT molecular complexity index is 606. The van der Waals surface area contributed by atoms with Crippen molar-refractivity contribution < 1.29 is 13.2 Å². The molecule has 0 fully saturated rings. The maximum atomic E-state index is 12.6. The number of alkyl halides is 3. The zero-order chi connectivity index (χ0) is 14.8. The maximum absolute atomic E-state index is 12.6. The number of halogens is 3. The van der Waals surface area contributed by atoms with E-state index in [0.717, 1.165) is 23.4 Å². The lowest BCUT2D eigenvalue weighted by Crippen LogP contribution is -2.07. The molecule has 106 valence electrons. The second-order valence-corrected chi connectivity index (χ2v) is 4.59. The standard InChI is InChI=1S/C15H15F3N2/c1-10-4-2-7-13(14(10)19)20-9-11-5-3-6-12(8-11)15(16,17)18/h2-8,20H,9,19H2,1H3. The zero-order valence-corrected chi connectivity index (χ0v) is 11.0. The largest absolute Gasteiger partial charge is 0.416 e. The van der Waals surface area contributed by atoms with Gasteiger partial charge in [0.1, 0.15) is 0 Å². The summed E-state index contributed by atoms with van der Waals surface area (Å²) in [5, 5.41) is 3.06. The fraction of sp³-hybridized carbons (Fsp3) is 0.200. The molecule has 0 aliphatic rings. The highest BCUT2D eigenvalue weighted by Gasteiger charge is 2.30. The Morgan fingerprint density at radius 2 is 1.80 bits per heavy atom. The molecule has 2 rings (SSSR count). The highest BCUT2D eigenvalue weighted by atomic mass is 19.4. The second kappa shape index (κ2) is 5.45. The molecular formula is C15H15F3N2. The third-order valence-electron chi connectivity index (χ3n) is 3.06. The van der Waals surface area contributed by atoms with Gasteiger partial charge in [0.25, 0.3) is 0 Å². The van der Waals surface area contributed by atoms with E-state index >= 15 is 0 Å². The second-order valence-electron chi connectivity index (χ2n) is 4.59. The van der Waals surface area contributed by atoms with Crippen LogP contribution in [-0.2, 0) is 12.7 Å². The van der Waals surface area contributed by atoms with Crippen molar-refractivity contribution in [2.24, 2.45) is 0 Å². The lowest BCUT2D eigenvalue weighted by molar-refractivity contribution is -0.137. The minimum Gasteiger partial charge on any atom is -0.397 e. The minimum atomic E-state index is -4.32. The molecule has 0 bridgehead atoms. The van der Waals surface area contributed by atoms with Crippen LogP contribution in [0.2, 0.25) is 0 Å². The van der Waals surface area contributed by atoms with Crippen LogP contribution in [0.25, 0.3) is 0 Å². The van der Waals surface area contributed by atoms with Gasteiger partial charge in [0.2, 0.25) is 0 Å². The molecule has 0 amide bonds. The summed E-state index contributed by atoms with van der Waals surface area (Å²) < 4.78 is 37.8. The third kappa shape index (κ3) is 3.23. The monoisotopic (exact) mass is 280 g/mol. The van der Waals surface area contributed by atoms with Crippen molar-refractivity contribution in [1.29, 1.82) is 0 Å². The molecule has 20 heavy (non-hydrogen) atoms. The van der Waals surface area contributed by atoms with E-state index < -0.39 is 11.7 Å². The molecule has 0 unspecified atom stereocenters. The van der Waals surface area contributed by atoms with E-state index in [1.54, 1.807) is 12.1 Å². The smallest absolute Gasteiger partial charge is 0.397 e. The SMILES string of the molecule is Cc1cccc(NCc2cccc(C(F)(F)F)c2)c1N. The number of hydrogen-bond donors (Lipinski definition) is 2. The number of nitrogen functional groups attached to an aromatic ring is 1. The van der Waals surface area contributed by atoms with Crippen LogP contribution < -0.4 is 11.1 Å². The molecule has 0 aliphatic carbocycles. The van der Waals surface area contributed by atoms with Crippen LogP contribution in [-0.4, -0.2) is 0 Å². The predicted octanol–water partition coefficient (Wildman–Crippen LogP) is 4.21. The van der Waals surface area contributed by atoms with E-state index in [1.807, 2.05) is 19.1 Å². The van der Waals surface area contributed by atoms with Crippen molar-refractivity contribution in [2.75, 3.05) is 11.1 Å². The van der Waals surface area contributed by atoms with Gasteiger partial charge in [0, 0.05) is 6.54 Å². The average molecular weight is 280 g/mol. The van der Waals surface area contributed by atoms with Gasteiger partial charge in [0.15, 0.2) is 0 Å². The first kappa shape index (κ1) is 14.2. The topological polar surface area (TPSA) is 38.0 Å². The summed E-state index contributed by atoms with van der Waals surface area (Å²) in [6.07, 6.45) is -4.32. The first-order valence-corrected chi connectivity index (χ1v) is 6.13. The van der Waals surface area contributed by atoms with Gasteiger partial charge < -0.3 is 11.1 Å². The highest BCUT2D eigenvalue weighted by Crippen LogP contribution is 2.30. The minimum absolute atomic E-state index is 0.289. The number of nitrogens with one attached hydrogen (secondary N) is 1. The number of benzene rings is 2. The number of hydrogen-bond acceptors (Lipinski definition) is 2. The molecule has 0 spiro atoms. The lowest BCUT2D eigenvalue weighted by Gasteiger charge is -2.12. The van der Waals surface area contributed by atoms with E-state index in [-0.39, 0.29) is 6.54 Å². The summed E-state index contributed by atoms with van der Waals surface area (Å²) in [7, 11) is 0. The molecule has 0 aromatic heterocycles. The van der Waals surface area contributed by atoms with Gasteiger partial charge in [0.05, 0.1) is 16.9 Å². The normalized spacial score (nSPS) is 11.4. The average Bonchev–Trinajstić information content (AvgIpc) is 2.40. The molecule has 0 heterocycles.